The Bertz CT molecular complexity index is 482. The second-order valence-electron chi connectivity index (χ2n) is 7.37. The van der Waals surface area contributed by atoms with E-state index in [0.29, 0.717) is 12.8 Å². The van der Waals surface area contributed by atoms with Crippen molar-refractivity contribution in [2.75, 3.05) is 6.54 Å². The Balaban J connectivity index is 2.83. The average Bonchev–Trinajstić information content (AvgIpc) is 2.50. The molecule has 0 radical (unpaired) electrons. The van der Waals surface area contributed by atoms with Crippen molar-refractivity contribution in [3.63, 3.8) is 0 Å². The molecule has 1 heterocycles. The van der Waals surface area contributed by atoms with E-state index in [1.54, 1.807) is 6.92 Å². The van der Waals surface area contributed by atoms with E-state index < -0.39 is 31.1 Å². The van der Waals surface area contributed by atoms with Crippen LogP contribution in [0.4, 0.5) is 0 Å². The maximum atomic E-state index is 12.2. The molecule has 2 N–H and O–H groups in total. The third-order valence-electron chi connectivity index (χ3n) is 4.19. The molecular weight excluding hydrogens is 325 g/mol. The van der Waals surface area contributed by atoms with Crippen molar-refractivity contribution in [1.82, 2.24) is 5.32 Å². The molecule has 0 bridgehead atoms. The first-order chi connectivity index (χ1) is 11.6. The van der Waals surface area contributed by atoms with Crippen LogP contribution in [0.3, 0.4) is 0 Å². The zero-order valence-corrected chi connectivity index (χ0v) is 15.8. The fraction of sp³-hybridized carbons (Fsp3) is 0.824. The molecule has 1 aliphatic heterocycles. The molecule has 0 saturated carbocycles. The van der Waals surface area contributed by atoms with E-state index in [0.717, 1.165) is 0 Å². The molecule has 0 amide bonds. The Morgan fingerprint density at radius 2 is 1.92 bits per heavy atom. The van der Waals surface area contributed by atoms with Gasteiger partial charge in [0.05, 0.1) is 12.6 Å². The van der Waals surface area contributed by atoms with Gasteiger partial charge in [-0.3, -0.25) is 14.4 Å². The molecule has 142 valence electrons. The molecule has 8 heteroatoms. The Morgan fingerprint density at radius 1 is 1.28 bits per heavy atom. The molecule has 7 nitrogen and oxygen atoms in total. The van der Waals surface area contributed by atoms with Gasteiger partial charge in [-0.15, -0.1) is 0 Å². The summed E-state index contributed by atoms with van der Waals surface area (Å²) >= 11 is 0. The highest BCUT2D eigenvalue weighted by Gasteiger charge is 2.48. The predicted molar refractivity (Wildman–Crippen MR) is 94.1 cm³/mol. The second-order valence-corrected chi connectivity index (χ2v) is 7.37. The first-order valence-corrected chi connectivity index (χ1v) is 8.99. The molecule has 0 aromatic rings. The summed E-state index contributed by atoms with van der Waals surface area (Å²) in [4.78, 5) is 35.6. The van der Waals surface area contributed by atoms with Gasteiger partial charge >= 0.3 is 19.1 Å². The van der Waals surface area contributed by atoms with Crippen molar-refractivity contribution >= 4 is 24.8 Å². The Kier molecular flexibility index (Phi) is 8.58. The van der Waals surface area contributed by atoms with E-state index in [4.69, 9.17) is 9.31 Å². The lowest BCUT2D eigenvalue weighted by Crippen LogP contribution is -2.51. The second kappa shape index (κ2) is 9.92. The number of aliphatic carboxylic acids is 1. The highest BCUT2D eigenvalue weighted by Crippen LogP contribution is 2.32. The summed E-state index contributed by atoms with van der Waals surface area (Å²) in [6.45, 7) is 9.98. The molecule has 0 aromatic carbocycles. The summed E-state index contributed by atoms with van der Waals surface area (Å²) < 4.78 is 11.0. The van der Waals surface area contributed by atoms with Gasteiger partial charge in [-0.05, 0) is 18.8 Å². The number of Topliss-reactive ketones (excluding diaryl/α,β-unsaturated/α-hetero) is 1. The number of rotatable bonds is 10. The minimum absolute atomic E-state index is 0.0207. The van der Waals surface area contributed by atoms with Crippen molar-refractivity contribution < 1.29 is 28.8 Å². The zero-order chi connectivity index (χ0) is 19.1. The highest BCUT2D eigenvalue weighted by molar-refractivity contribution is 6.50. The van der Waals surface area contributed by atoms with Crippen molar-refractivity contribution in [3.8, 4) is 0 Å². The summed E-state index contributed by atoms with van der Waals surface area (Å²) in [6.07, 6.45) is 0.533. The van der Waals surface area contributed by atoms with Crippen LogP contribution in [-0.4, -0.2) is 48.6 Å². The number of ketones is 1. The van der Waals surface area contributed by atoms with E-state index in [9.17, 15) is 19.5 Å². The van der Waals surface area contributed by atoms with Crippen LogP contribution >= 0.6 is 0 Å². The maximum Gasteiger partial charge on any atom is 0.531 e. The van der Waals surface area contributed by atoms with E-state index in [1.807, 2.05) is 27.7 Å². The number of carbonyl (C=O) groups is 3. The maximum absolute atomic E-state index is 12.2. The van der Waals surface area contributed by atoms with E-state index in [-0.39, 0.29) is 36.5 Å². The van der Waals surface area contributed by atoms with Crippen LogP contribution < -0.4 is 5.32 Å². The van der Waals surface area contributed by atoms with Crippen LogP contribution in [0.5, 0.6) is 0 Å². The predicted octanol–water partition coefficient (Wildman–Crippen LogP) is 1.90. The van der Waals surface area contributed by atoms with E-state index in [1.165, 1.54) is 0 Å². The van der Waals surface area contributed by atoms with Gasteiger partial charge in [-0.2, -0.15) is 0 Å². The van der Waals surface area contributed by atoms with Crippen LogP contribution in [0.15, 0.2) is 0 Å². The molecule has 25 heavy (non-hydrogen) atoms. The van der Waals surface area contributed by atoms with Crippen LogP contribution in [0.25, 0.3) is 0 Å². The van der Waals surface area contributed by atoms with Gasteiger partial charge in [0, 0.05) is 18.3 Å². The largest absolute Gasteiger partial charge is 0.531 e. The van der Waals surface area contributed by atoms with Gasteiger partial charge in [0.25, 0.3) is 0 Å². The number of hydrogen-bond acceptors (Lipinski definition) is 6. The minimum atomic E-state index is -1.31. The average molecular weight is 355 g/mol. The Labute approximate surface area is 150 Å². The normalized spacial score (nSPS) is 22.2. The first kappa shape index (κ1) is 21.6. The molecule has 1 rings (SSSR count). The number of nitrogens with one attached hydrogen (secondary N) is 1. The summed E-state index contributed by atoms with van der Waals surface area (Å²) in [6, 6.07) is 0.206. The van der Waals surface area contributed by atoms with Crippen LogP contribution in [0.1, 0.15) is 53.9 Å². The lowest BCUT2D eigenvalue weighted by atomic mass is 9.64. The fourth-order valence-electron chi connectivity index (χ4n) is 3.00. The smallest absolute Gasteiger partial charge is 0.509 e. The van der Waals surface area contributed by atoms with Crippen LogP contribution in [-0.2, 0) is 23.7 Å². The molecule has 0 aliphatic carbocycles. The van der Waals surface area contributed by atoms with Crippen LogP contribution in [0, 0.1) is 11.8 Å². The molecule has 1 saturated heterocycles. The van der Waals surface area contributed by atoms with Gasteiger partial charge in [0.15, 0.2) is 5.92 Å². The van der Waals surface area contributed by atoms with Gasteiger partial charge in [0.1, 0.15) is 5.78 Å². The Morgan fingerprint density at radius 3 is 2.40 bits per heavy atom. The topological polar surface area (TPSA) is 102 Å². The minimum Gasteiger partial charge on any atom is -0.509 e. The van der Waals surface area contributed by atoms with Crippen molar-refractivity contribution in [1.29, 1.82) is 0 Å². The summed E-state index contributed by atoms with van der Waals surface area (Å²) in [5.74, 6) is -3.30. The third kappa shape index (κ3) is 6.78. The fourth-order valence-corrected chi connectivity index (χ4v) is 3.00. The van der Waals surface area contributed by atoms with Gasteiger partial charge in [0.2, 0.25) is 0 Å². The summed E-state index contributed by atoms with van der Waals surface area (Å²) in [5, 5.41) is 12.3. The standard InChI is InChI=1S/C17H30BNO6/c1-6-14-15(16(21)22)17(23)25-18(24-14)12(7-10(2)3)8-13(20)9-19-11(4)5/h10-12,14-15,19H,6-9H2,1-5H3,(H,21,22)/t12-,14?,15?/m1/s1. The molecule has 0 spiro atoms. The summed E-state index contributed by atoms with van der Waals surface area (Å²) in [7, 11) is -0.876. The molecular formula is C17H30BNO6. The zero-order valence-electron chi connectivity index (χ0n) is 15.8. The Hall–Kier alpha value is -1.41. The molecule has 3 atom stereocenters. The quantitative estimate of drug-likeness (QED) is 0.456. The molecule has 0 aromatic heterocycles. The van der Waals surface area contributed by atoms with Crippen molar-refractivity contribution in [2.45, 2.75) is 71.8 Å². The van der Waals surface area contributed by atoms with Crippen molar-refractivity contribution in [3.05, 3.63) is 0 Å². The SMILES string of the molecule is CCC1OB([C@@H](CC(=O)CNC(C)C)CC(C)C)OC(=O)C1C(=O)O. The van der Waals surface area contributed by atoms with E-state index >= 15 is 0 Å². The third-order valence-corrected chi connectivity index (χ3v) is 4.19. The number of carboxylic acid groups (broad SMARTS) is 1. The molecule has 1 aliphatic rings. The van der Waals surface area contributed by atoms with Crippen molar-refractivity contribution in [2.24, 2.45) is 11.8 Å². The highest BCUT2D eigenvalue weighted by atomic mass is 16.6. The first-order valence-electron chi connectivity index (χ1n) is 8.99. The molecule has 1 fully saturated rings. The monoisotopic (exact) mass is 355 g/mol. The van der Waals surface area contributed by atoms with Crippen LogP contribution in [0.2, 0.25) is 5.82 Å². The van der Waals surface area contributed by atoms with Gasteiger partial charge < -0.3 is 19.7 Å². The number of hydrogen-bond donors (Lipinski definition) is 2. The number of carboxylic acids is 1. The van der Waals surface area contributed by atoms with E-state index in [2.05, 4.69) is 5.32 Å². The number of carbonyl (C=O) groups excluding carboxylic acids is 2. The summed E-state index contributed by atoms with van der Waals surface area (Å²) in [5.41, 5.74) is 0. The molecule has 2 unspecified atom stereocenters. The lowest BCUT2D eigenvalue weighted by Gasteiger charge is -2.34. The lowest BCUT2D eigenvalue weighted by molar-refractivity contribution is -0.164. The van der Waals surface area contributed by atoms with Gasteiger partial charge in [-0.1, -0.05) is 34.6 Å². The van der Waals surface area contributed by atoms with Gasteiger partial charge in [-0.25, -0.2) is 0 Å².